The number of hydrogen-bond acceptors (Lipinski definition) is 5. The van der Waals surface area contributed by atoms with E-state index >= 15 is 0 Å². The van der Waals surface area contributed by atoms with E-state index in [1.54, 1.807) is 7.11 Å². The molecule has 1 N–H and O–H groups in total. The molecule has 30 heavy (non-hydrogen) atoms. The third-order valence-corrected chi connectivity index (χ3v) is 5.02. The maximum atomic E-state index is 10.0. The van der Waals surface area contributed by atoms with Crippen LogP contribution in [-0.2, 0) is 27.4 Å². The first kappa shape index (κ1) is 22.5. The zero-order valence-corrected chi connectivity index (χ0v) is 17.6. The van der Waals surface area contributed by atoms with Gasteiger partial charge in [-0.3, -0.25) is 0 Å². The number of aliphatic hydroxyl groups is 1. The number of aliphatic hydroxyl groups excluding tert-OH is 1. The van der Waals surface area contributed by atoms with Gasteiger partial charge in [-0.1, -0.05) is 54.6 Å². The fourth-order valence-corrected chi connectivity index (χ4v) is 3.15. The minimum absolute atomic E-state index is 0.185. The molecule has 1 aliphatic rings. The van der Waals surface area contributed by atoms with Gasteiger partial charge in [0.05, 0.1) is 45.7 Å². The first-order valence-electron chi connectivity index (χ1n) is 10.6. The van der Waals surface area contributed by atoms with Crippen LogP contribution in [0.1, 0.15) is 30.4 Å². The lowest BCUT2D eigenvalue weighted by Gasteiger charge is -2.10. The van der Waals surface area contributed by atoms with Crippen LogP contribution in [0.25, 0.3) is 0 Å². The zero-order valence-electron chi connectivity index (χ0n) is 17.6. The summed E-state index contributed by atoms with van der Waals surface area (Å²) in [5, 5.41) is 10.0. The van der Waals surface area contributed by atoms with Gasteiger partial charge in [0.15, 0.2) is 0 Å². The highest BCUT2D eigenvalue weighted by molar-refractivity contribution is 5.26. The molecular formula is C25H32O5. The Morgan fingerprint density at radius 3 is 2.43 bits per heavy atom. The van der Waals surface area contributed by atoms with Gasteiger partial charge in [0.25, 0.3) is 0 Å². The fourth-order valence-electron chi connectivity index (χ4n) is 3.15. The van der Waals surface area contributed by atoms with Crippen molar-refractivity contribution in [1.29, 1.82) is 0 Å². The predicted molar refractivity (Wildman–Crippen MR) is 116 cm³/mol. The molecule has 2 aromatic rings. The van der Waals surface area contributed by atoms with Crippen molar-refractivity contribution in [2.24, 2.45) is 0 Å². The highest BCUT2D eigenvalue weighted by Gasteiger charge is 2.37. The van der Waals surface area contributed by atoms with Crippen molar-refractivity contribution in [2.75, 3.05) is 20.3 Å². The molecule has 0 radical (unpaired) electrons. The van der Waals surface area contributed by atoms with E-state index in [0.29, 0.717) is 32.8 Å². The first-order chi connectivity index (χ1) is 14.7. The monoisotopic (exact) mass is 412 g/mol. The van der Waals surface area contributed by atoms with E-state index in [1.165, 1.54) is 0 Å². The van der Waals surface area contributed by atoms with E-state index < -0.39 is 6.10 Å². The zero-order chi connectivity index (χ0) is 21.0. The second-order valence-corrected chi connectivity index (χ2v) is 7.52. The molecule has 0 aromatic heterocycles. The van der Waals surface area contributed by atoms with Crippen LogP contribution in [0, 0.1) is 0 Å². The van der Waals surface area contributed by atoms with Crippen LogP contribution >= 0.6 is 0 Å². The van der Waals surface area contributed by atoms with E-state index in [-0.39, 0.29) is 12.2 Å². The molecule has 162 valence electrons. The third-order valence-electron chi connectivity index (χ3n) is 5.02. The second kappa shape index (κ2) is 12.5. The Bertz CT molecular complexity index is 744. The SMILES string of the molecule is COc1ccc(COC[C@H]2O[C@H]2C/C=C/CC[C@H](O)COCc2ccccc2)cc1. The van der Waals surface area contributed by atoms with E-state index in [0.717, 1.165) is 29.7 Å². The average Bonchev–Trinajstić information content (AvgIpc) is 3.53. The highest BCUT2D eigenvalue weighted by atomic mass is 16.6. The van der Waals surface area contributed by atoms with Gasteiger partial charge in [0.1, 0.15) is 11.9 Å². The largest absolute Gasteiger partial charge is 0.497 e. The minimum atomic E-state index is -0.436. The molecule has 5 heteroatoms. The molecule has 1 fully saturated rings. The molecular weight excluding hydrogens is 380 g/mol. The Kier molecular flexibility index (Phi) is 9.38. The molecule has 1 aliphatic heterocycles. The molecule has 5 nitrogen and oxygen atoms in total. The van der Waals surface area contributed by atoms with Crippen LogP contribution in [0.5, 0.6) is 5.75 Å². The summed E-state index contributed by atoms with van der Waals surface area (Å²) in [5.41, 5.74) is 2.25. The topological polar surface area (TPSA) is 60.5 Å². The van der Waals surface area contributed by atoms with E-state index in [2.05, 4.69) is 12.2 Å². The molecule has 3 rings (SSSR count). The van der Waals surface area contributed by atoms with Gasteiger partial charge in [-0.05, 0) is 42.5 Å². The maximum Gasteiger partial charge on any atom is 0.118 e. The lowest BCUT2D eigenvalue weighted by molar-refractivity contribution is 0.0250. The number of benzene rings is 2. The highest BCUT2D eigenvalue weighted by Crippen LogP contribution is 2.26. The summed E-state index contributed by atoms with van der Waals surface area (Å²) in [6, 6.07) is 17.9. The van der Waals surface area contributed by atoms with Gasteiger partial charge in [-0.25, -0.2) is 0 Å². The van der Waals surface area contributed by atoms with Gasteiger partial charge >= 0.3 is 0 Å². The number of ether oxygens (including phenoxy) is 4. The van der Waals surface area contributed by atoms with E-state index in [9.17, 15) is 5.11 Å². The number of allylic oxidation sites excluding steroid dienone is 1. The normalized spacial score (nSPS) is 19.1. The Morgan fingerprint density at radius 1 is 0.933 bits per heavy atom. The molecule has 0 unspecified atom stereocenters. The average molecular weight is 413 g/mol. The fraction of sp³-hybridized carbons (Fsp3) is 0.440. The quantitative estimate of drug-likeness (QED) is 0.371. The maximum absolute atomic E-state index is 10.0. The van der Waals surface area contributed by atoms with Crippen molar-refractivity contribution < 1.29 is 24.1 Å². The Morgan fingerprint density at radius 2 is 1.67 bits per heavy atom. The molecule has 2 aromatic carbocycles. The van der Waals surface area contributed by atoms with Crippen molar-refractivity contribution >= 4 is 0 Å². The molecule has 0 bridgehead atoms. The molecule has 1 heterocycles. The number of hydrogen-bond donors (Lipinski definition) is 1. The molecule has 3 atom stereocenters. The van der Waals surface area contributed by atoms with Crippen molar-refractivity contribution in [3.63, 3.8) is 0 Å². The summed E-state index contributed by atoms with van der Waals surface area (Å²) in [6.45, 7) is 2.09. The summed E-state index contributed by atoms with van der Waals surface area (Å²) in [4.78, 5) is 0. The van der Waals surface area contributed by atoms with Crippen LogP contribution in [0.15, 0.2) is 66.7 Å². The van der Waals surface area contributed by atoms with E-state index in [1.807, 2.05) is 54.6 Å². The van der Waals surface area contributed by atoms with Gasteiger partial charge in [0.2, 0.25) is 0 Å². The Hall–Kier alpha value is -2.18. The smallest absolute Gasteiger partial charge is 0.118 e. The summed E-state index contributed by atoms with van der Waals surface area (Å²) in [5.74, 6) is 0.850. The van der Waals surface area contributed by atoms with Gasteiger partial charge in [-0.2, -0.15) is 0 Å². The minimum Gasteiger partial charge on any atom is -0.497 e. The van der Waals surface area contributed by atoms with Crippen LogP contribution < -0.4 is 4.74 Å². The molecule has 1 saturated heterocycles. The lowest BCUT2D eigenvalue weighted by atomic mass is 10.1. The number of rotatable bonds is 14. The van der Waals surface area contributed by atoms with Crippen LogP contribution in [0.2, 0.25) is 0 Å². The molecule has 0 spiro atoms. The summed E-state index contributed by atoms with van der Waals surface area (Å²) >= 11 is 0. The summed E-state index contributed by atoms with van der Waals surface area (Å²) < 4.78 is 22.1. The second-order valence-electron chi connectivity index (χ2n) is 7.52. The lowest BCUT2D eigenvalue weighted by Crippen LogP contribution is -2.14. The Balaban J connectivity index is 1.18. The predicted octanol–water partition coefficient (Wildman–Crippen LogP) is 4.28. The van der Waals surface area contributed by atoms with Gasteiger partial charge in [0, 0.05) is 0 Å². The molecule has 0 saturated carbocycles. The van der Waals surface area contributed by atoms with Crippen molar-refractivity contribution in [3.8, 4) is 5.75 Å². The van der Waals surface area contributed by atoms with Gasteiger partial charge < -0.3 is 24.1 Å². The van der Waals surface area contributed by atoms with Crippen molar-refractivity contribution in [1.82, 2.24) is 0 Å². The first-order valence-corrected chi connectivity index (χ1v) is 10.6. The van der Waals surface area contributed by atoms with Crippen LogP contribution in [0.4, 0.5) is 0 Å². The molecule has 0 aliphatic carbocycles. The Labute approximate surface area is 179 Å². The van der Waals surface area contributed by atoms with Crippen molar-refractivity contribution in [3.05, 3.63) is 77.9 Å². The van der Waals surface area contributed by atoms with Gasteiger partial charge in [-0.15, -0.1) is 0 Å². The summed E-state index contributed by atoms with van der Waals surface area (Å²) in [6.07, 6.45) is 6.66. The van der Waals surface area contributed by atoms with Crippen molar-refractivity contribution in [2.45, 2.75) is 50.8 Å². The van der Waals surface area contributed by atoms with Crippen LogP contribution in [0.3, 0.4) is 0 Å². The van der Waals surface area contributed by atoms with Crippen LogP contribution in [-0.4, -0.2) is 43.7 Å². The molecule has 0 amide bonds. The number of epoxide rings is 1. The summed E-state index contributed by atoms with van der Waals surface area (Å²) in [7, 11) is 1.66. The van der Waals surface area contributed by atoms with E-state index in [4.69, 9.17) is 18.9 Å². The number of methoxy groups -OCH3 is 1. The third kappa shape index (κ3) is 8.28. The standard InChI is InChI=1S/C25H32O5/c1-27-23-14-12-21(13-15-23)17-29-19-25-24(30-25)11-7-3-6-10-22(26)18-28-16-20-8-4-2-5-9-20/h2-5,7-9,12-15,22,24-26H,6,10-11,16-19H2,1H3/b7-3+/t22-,24-,25+/m0/s1.